The van der Waals surface area contributed by atoms with E-state index >= 15 is 0 Å². The molecule has 0 saturated carbocycles. The predicted molar refractivity (Wildman–Crippen MR) is 109 cm³/mol. The zero-order valence-electron chi connectivity index (χ0n) is 15.3. The van der Waals surface area contributed by atoms with Crippen molar-refractivity contribution in [1.29, 1.82) is 0 Å². The van der Waals surface area contributed by atoms with Crippen LogP contribution in [0.25, 0.3) is 10.8 Å². The summed E-state index contributed by atoms with van der Waals surface area (Å²) in [5.41, 5.74) is 1.54. The van der Waals surface area contributed by atoms with E-state index in [-0.39, 0.29) is 18.4 Å². The van der Waals surface area contributed by atoms with Gasteiger partial charge in [-0.2, -0.15) is 0 Å². The first kappa shape index (κ1) is 17.1. The summed E-state index contributed by atoms with van der Waals surface area (Å²) in [4.78, 5) is 27.2. The van der Waals surface area contributed by atoms with Gasteiger partial charge in [0.05, 0.1) is 11.4 Å². The molecule has 27 heavy (non-hydrogen) atoms. The van der Waals surface area contributed by atoms with Gasteiger partial charge in [-0.25, -0.2) is 0 Å². The molecule has 5 heteroatoms. The van der Waals surface area contributed by atoms with Crippen LogP contribution in [0.3, 0.4) is 0 Å². The summed E-state index contributed by atoms with van der Waals surface area (Å²) < 4.78 is 0. The number of para-hydroxylation sites is 2. The van der Waals surface area contributed by atoms with Crippen molar-refractivity contribution < 1.29 is 9.59 Å². The van der Waals surface area contributed by atoms with Crippen LogP contribution in [0.5, 0.6) is 0 Å². The summed E-state index contributed by atoms with van der Waals surface area (Å²) in [7, 11) is 0. The SMILES string of the molecule is CC1(C)Nc2ccccc2N(CC(=O)Nc2cccc3ccccc23)C1=O. The number of carbonyl (C=O) groups is 2. The van der Waals surface area contributed by atoms with Crippen LogP contribution in [-0.4, -0.2) is 23.9 Å². The topological polar surface area (TPSA) is 61.4 Å². The summed E-state index contributed by atoms with van der Waals surface area (Å²) in [5.74, 6) is -0.360. The van der Waals surface area contributed by atoms with Gasteiger partial charge in [-0.15, -0.1) is 0 Å². The fourth-order valence-corrected chi connectivity index (χ4v) is 3.48. The molecule has 0 aliphatic carbocycles. The number of carbonyl (C=O) groups excluding carboxylic acids is 2. The Labute approximate surface area is 158 Å². The van der Waals surface area contributed by atoms with Crippen LogP contribution in [0.1, 0.15) is 13.8 Å². The van der Waals surface area contributed by atoms with E-state index in [0.29, 0.717) is 0 Å². The lowest BCUT2D eigenvalue weighted by Crippen LogP contribution is -2.55. The number of nitrogens with one attached hydrogen (secondary N) is 2. The molecule has 0 fully saturated rings. The minimum Gasteiger partial charge on any atom is -0.370 e. The maximum atomic E-state index is 12.9. The van der Waals surface area contributed by atoms with Crippen molar-refractivity contribution in [3.05, 3.63) is 66.7 Å². The first-order valence-corrected chi connectivity index (χ1v) is 8.92. The van der Waals surface area contributed by atoms with Gasteiger partial charge in [0.25, 0.3) is 5.91 Å². The maximum Gasteiger partial charge on any atom is 0.252 e. The summed E-state index contributed by atoms with van der Waals surface area (Å²) >= 11 is 0. The van der Waals surface area contributed by atoms with Gasteiger partial charge in [0.1, 0.15) is 12.1 Å². The molecule has 0 spiro atoms. The van der Waals surface area contributed by atoms with E-state index < -0.39 is 5.54 Å². The van der Waals surface area contributed by atoms with Crippen molar-refractivity contribution in [2.24, 2.45) is 0 Å². The highest BCUT2D eigenvalue weighted by atomic mass is 16.2. The van der Waals surface area contributed by atoms with Crippen molar-refractivity contribution in [2.75, 3.05) is 22.1 Å². The third kappa shape index (κ3) is 3.12. The van der Waals surface area contributed by atoms with E-state index in [4.69, 9.17) is 0 Å². The van der Waals surface area contributed by atoms with E-state index in [2.05, 4.69) is 10.6 Å². The fourth-order valence-electron chi connectivity index (χ4n) is 3.48. The molecule has 2 N–H and O–H groups in total. The molecule has 1 heterocycles. The van der Waals surface area contributed by atoms with Gasteiger partial charge in [-0.3, -0.25) is 14.5 Å². The molecule has 1 aliphatic rings. The lowest BCUT2D eigenvalue weighted by Gasteiger charge is -2.39. The van der Waals surface area contributed by atoms with Crippen LogP contribution >= 0.6 is 0 Å². The Bertz CT molecular complexity index is 1040. The van der Waals surface area contributed by atoms with Crippen LogP contribution in [0.4, 0.5) is 17.1 Å². The number of hydrogen-bond donors (Lipinski definition) is 2. The molecule has 0 bridgehead atoms. The van der Waals surface area contributed by atoms with Crippen molar-refractivity contribution in [1.82, 2.24) is 0 Å². The average Bonchev–Trinajstić information content (AvgIpc) is 2.65. The summed E-state index contributed by atoms with van der Waals surface area (Å²) in [6.45, 7) is 3.60. The second-order valence-electron chi connectivity index (χ2n) is 7.23. The van der Waals surface area contributed by atoms with E-state index in [0.717, 1.165) is 27.8 Å². The molecule has 4 rings (SSSR count). The zero-order chi connectivity index (χ0) is 19.0. The summed E-state index contributed by atoms with van der Waals surface area (Å²) in [6.07, 6.45) is 0. The minimum absolute atomic E-state index is 0.0375. The summed E-state index contributed by atoms with van der Waals surface area (Å²) in [5, 5.41) is 8.23. The largest absolute Gasteiger partial charge is 0.370 e. The Kier molecular flexibility index (Phi) is 4.07. The third-order valence-corrected chi connectivity index (χ3v) is 4.79. The molecule has 1 aliphatic heterocycles. The summed E-state index contributed by atoms with van der Waals surface area (Å²) in [6, 6.07) is 21.2. The smallest absolute Gasteiger partial charge is 0.252 e. The van der Waals surface area contributed by atoms with E-state index in [1.54, 1.807) is 4.90 Å². The highest BCUT2D eigenvalue weighted by Crippen LogP contribution is 2.35. The predicted octanol–water partition coefficient (Wildman–Crippen LogP) is 4.02. The monoisotopic (exact) mass is 359 g/mol. The molecule has 136 valence electrons. The number of hydrogen-bond acceptors (Lipinski definition) is 3. The average molecular weight is 359 g/mol. The van der Waals surface area contributed by atoms with Gasteiger partial charge in [0.2, 0.25) is 5.91 Å². The van der Waals surface area contributed by atoms with Crippen LogP contribution in [0.15, 0.2) is 66.7 Å². The molecule has 5 nitrogen and oxygen atoms in total. The normalized spacial score (nSPS) is 15.2. The van der Waals surface area contributed by atoms with E-state index in [9.17, 15) is 9.59 Å². The van der Waals surface area contributed by atoms with Gasteiger partial charge in [-0.05, 0) is 37.4 Å². The van der Waals surface area contributed by atoms with Crippen molar-refractivity contribution in [2.45, 2.75) is 19.4 Å². The number of fused-ring (bicyclic) bond motifs is 2. The molecule has 3 aromatic carbocycles. The Morgan fingerprint density at radius 3 is 2.56 bits per heavy atom. The van der Waals surface area contributed by atoms with Gasteiger partial charge in [-0.1, -0.05) is 48.5 Å². The molecule has 0 aromatic heterocycles. The molecule has 0 atom stereocenters. The Balaban J connectivity index is 1.61. The van der Waals surface area contributed by atoms with Gasteiger partial charge in [0, 0.05) is 11.1 Å². The minimum atomic E-state index is -0.770. The number of benzene rings is 3. The number of anilines is 3. The lowest BCUT2D eigenvalue weighted by atomic mass is 9.98. The second-order valence-corrected chi connectivity index (χ2v) is 7.23. The zero-order valence-corrected chi connectivity index (χ0v) is 15.3. The molecule has 0 radical (unpaired) electrons. The maximum absolute atomic E-state index is 12.9. The molecule has 0 saturated heterocycles. The number of nitrogens with zero attached hydrogens (tertiary/aromatic N) is 1. The van der Waals surface area contributed by atoms with Crippen LogP contribution in [0, 0.1) is 0 Å². The molecule has 0 unspecified atom stereocenters. The highest BCUT2D eigenvalue weighted by molar-refractivity contribution is 6.12. The fraction of sp³-hybridized carbons (Fsp3) is 0.182. The van der Waals surface area contributed by atoms with Crippen molar-refractivity contribution in [3.63, 3.8) is 0 Å². The van der Waals surface area contributed by atoms with Gasteiger partial charge < -0.3 is 10.6 Å². The Hall–Kier alpha value is -3.34. The van der Waals surface area contributed by atoms with Crippen molar-refractivity contribution >= 4 is 39.6 Å². The second kappa shape index (κ2) is 6.43. The quantitative estimate of drug-likeness (QED) is 0.743. The van der Waals surface area contributed by atoms with Crippen LogP contribution in [0.2, 0.25) is 0 Å². The number of rotatable bonds is 3. The molecular formula is C22H21N3O2. The number of amides is 2. The molecule has 3 aromatic rings. The highest BCUT2D eigenvalue weighted by Gasteiger charge is 2.39. The van der Waals surface area contributed by atoms with E-state index in [1.807, 2.05) is 80.6 Å². The van der Waals surface area contributed by atoms with Gasteiger partial charge in [0.15, 0.2) is 0 Å². The third-order valence-electron chi connectivity index (χ3n) is 4.79. The van der Waals surface area contributed by atoms with Crippen LogP contribution < -0.4 is 15.5 Å². The first-order chi connectivity index (χ1) is 13.0. The first-order valence-electron chi connectivity index (χ1n) is 8.92. The van der Waals surface area contributed by atoms with Crippen molar-refractivity contribution in [3.8, 4) is 0 Å². The molecule has 2 amide bonds. The molecular weight excluding hydrogens is 338 g/mol. The van der Waals surface area contributed by atoms with Gasteiger partial charge >= 0.3 is 0 Å². The van der Waals surface area contributed by atoms with Crippen LogP contribution in [-0.2, 0) is 9.59 Å². The lowest BCUT2D eigenvalue weighted by molar-refractivity contribution is -0.124. The Morgan fingerprint density at radius 2 is 1.70 bits per heavy atom. The van der Waals surface area contributed by atoms with E-state index in [1.165, 1.54) is 0 Å². The Morgan fingerprint density at radius 1 is 1.00 bits per heavy atom. The standard InChI is InChI=1S/C22H21N3O2/c1-22(2)21(27)25(19-13-6-5-11-18(19)24-22)14-20(26)23-17-12-7-9-15-8-3-4-10-16(15)17/h3-13,24H,14H2,1-2H3,(H,23,26).